The van der Waals surface area contributed by atoms with E-state index in [0.29, 0.717) is 12.3 Å². The summed E-state index contributed by atoms with van der Waals surface area (Å²) in [6.07, 6.45) is -0.150. The average molecular weight is 336 g/mol. The van der Waals surface area contributed by atoms with Gasteiger partial charge in [-0.1, -0.05) is 30.3 Å². The van der Waals surface area contributed by atoms with E-state index in [1.54, 1.807) is 0 Å². The van der Waals surface area contributed by atoms with Crippen molar-refractivity contribution in [3.63, 3.8) is 0 Å². The third kappa shape index (κ3) is 4.07. The lowest BCUT2D eigenvalue weighted by Crippen LogP contribution is -2.28. The number of ether oxygens (including phenoxy) is 1. The first-order valence-corrected chi connectivity index (χ1v) is 8.06. The van der Waals surface area contributed by atoms with Crippen molar-refractivity contribution < 1.29 is 19.6 Å². The van der Waals surface area contributed by atoms with E-state index >= 15 is 0 Å². The summed E-state index contributed by atoms with van der Waals surface area (Å²) in [5.74, 6) is -0.344. The largest absolute Gasteiger partial charge is 0.550 e. The summed E-state index contributed by atoms with van der Waals surface area (Å²) in [5.41, 5.74) is 3.49. The van der Waals surface area contributed by atoms with Crippen LogP contribution in [0.5, 0.6) is 5.75 Å². The van der Waals surface area contributed by atoms with Crippen LogP contribution in [0.2, 0.25) is 0 Å². The number of carboxylic acid groups (broad SMARTS) is 1. The molecule has 1 aromatic heterocycles. The highest BCUT2D eigenvalue weighted by atomic mass is 16.5. The van der Waals surface area contributed by atoms with Gasteiger partial charge in [0, 0.05) is 26.2 Å². The van der Waals surface area contributed by atoms with Crippen molar-refractivity contribution in [2.24, 2.45) is 0 Å². The molecule has 2 aromatic carbocycles. The lowest BCUT2D eigenvalue weighted by atomic mass is 10.1. The number of nitrogens with one attached hydrogen (secondary N) is 1. The molecule has 1 N–H and O–H groups in total. The molecule has 128 valence electrons. The second-order valence-electron chi connectivity index (χ2n) is 6.10. The second-order valence-corrected chi connectivity index (χ2v) is 6.10. The van der Waals surface area contributed by atoms with E-state index < -0.39 is 5.97 Å². The van der Waals surface area contributed by atoms with Gasteiger partial charge in [-0.15, -0.1) is 0 Å². The Morgan fingerprint density at radius 1 is 1.12 bits per heavy atom. The van der Waals surface area contributed by atoms with E-state index in [9.17, 15) is 9.90 Å². The third-order valence-corrected chi connectivity index (χ3v) is 3.94. The fourth-order valence-corrected chi connectivity index (χ4v) is 2.75. The van der Waals surface area contributed by atoms with Crippen molar-refractivity contribution in [3.05, 3.63) is 65.9 Å². The standard InChI is InChI=1S/C20H20N2O3/c1-22(2)19-10-15(11-20(23)24)21-18-9-8-16(12-17(18)19)25-13-14-6-4-3-5-7-14/h3-10,12H,11,13H2,1-2H3,(H,23,24). The molecule has 0 atom stereocenters. The number of aromatic nitrogens is 1. The number of nitrogens with zero attached hydrogens (tertiary/aromatic N) is 1. The monoisotopic (exact) mass is 336 g/mol. The first-order chi connectivity index (χ1) is 12.0. The molecule has 5 nitrogen and oxygen atoms in total. The molecule has 3 rings (SSSR count). The molecule has 0 spiro atoms. The van der Waals surface area contributed by atoms with Gasteiger partial charge in [0.2, 0.25) is 5.52 Å². The number of H-pyrrole nitrogens is 1. The number of rotatable bonds is 6. The third-order valence-electron chi connectivity index (χ3n) is 3.94. The van der Waals surface area contributed by atoms with Crippen LogP contribution < -0.4 is 19.7 Å². The summed E-state index contributed by atoms with van der Waals surface area (Å²) < 4.78 is 5.89. The maximum Gasteiger partial charge on any atom is 0.213 e. The van der Waals surface area contributed by atoms with Crippen molar-refractivity contribution in [2.45, 2.75) is 13.0 Å². The van der Waals surface area contributed by atoms with E-state index in [4.69, 9.17) is 4.74 Å². The molecule has 0 aliphatic heterocycles. The Hall–Kier alpha value is -3.08. The van der Waals surface area contributed by atoms with Crippen LogP contribution in [0.25, 0.3) is 10.9 Å². The highest BCUT2D eigenvalue weighted by molar-refractivity contribution is 5.91. The van der Waals surface area contributed by atoms with E-state index in [0.717, 1.165) is 27.9 Å². The van der Waals surface area contributed by atoms with Gasteiger partial charge < -0.3 is 19.5 Å². The summed E-state index contributed by atoms with van der Waals surface area (Å²) >= 11 is 0. The van der Waals surface area contributed by atoms with Crippen LogP contribution in [0.15, 0.2) is 54.6 Å². The smallest absolute Gasteiger partial charge is 0.213 e. The van der Waals surface area contributed by atoms with Gasteiger partial charge in [-0.05, 0) is 17.7 Å². The number of pyridine rings is 1. The molecule has 0 fully saturated rings. The topological polar surface area (TPSA) is 66.7 Å². The minimum atomic E-state index is -1.11. The van der Waals surface area contributed by atoms with Gasteiger partial charge >= 0.3 is 0 Å². The van der Waals surface area contributed by atoms with Gasteiger partial charge in [0.1, 0.15) is 12.4 Å². The van der Waals surface area contributed by atoms with Gasteiger partial charge in [0.05, 0.1) is 23.5 Å². The number of carbonyl (C=O) groups is 1. The molecule has 0 bridgehead atoms. The van der Waals surface area contributed by atoms with Crippen molar-refractivity contribution in [1.82, 2.24) is 0 Å². The van der Waals surface area contributed by atoms with Crippen LogP contribution in [-0.2, 0) is 17.8 Å². The fraction of sp³-hybridized carbons (Fsp3) is 0.200. The highest BCUT2D eigenvalue weighted by Gasteiger charge is 2.14. The van der Waals surface area contributed by atoms with Crippen molar-refractivity contribution >= 4 is 22.6 Å². The molecule has 1 heterocycles. The van der Waals surface area contributed by atoms with E-state index in [2.05, 4.69) is 4.98 Å². The predicted octanol–water partition coefficient (Wildman–Crippen LogP) is 1.59. The molecule has 0 saturated carbocycles. The zero-order chi connectivity index (χ0) is 17.8. The molecule has 0 amide bonds. The molecular formula is C20H20N2O3. The lowest BCUT2D eigenvalue weighted by Gasteiger charge is -2.15. The van der Waals surface area contributed by atoms with Crippen molar-refractivity contribution in [1.29, 1.82) is 0 Å². The molecule has 0 radical (unpaired) electrons. The van der Waals surface area contributed by atoms with E-state index in [1.807, 2.05) is 73.6 Å². The number of carbonyl (C=O) groups excluding carboxylic acids is 1. The number of hydrogen-bond donors (Lipinski definition) is 0. The van der Waals surface area contributed by atoms with Gasteiger partial charge in [0.25, 0.3) is 0 Å². The minimum absolute atomic E-state index is 0.150. The molecule has 0 aliphatic rings. The van der Waals surface area contributed by atoms with E-state index in [1.165, 1.54) is 0 Å². The summed E-state index contributed by atoms with van der Waals surface area (Å²) in [6.45, 7) is 0.496. The quantitative estimate of drug-likeness (QED) is 0.686. The number of fused-ring (bicyclic) bond motifs is 1. The van der Waals surface area contributed by atoms with Crippen LogP contribution in [0, 0.1) is 0 Å². The lowest BCUT2D eigenvalue weighted by molar-refractivity contribution is -0.361. The maximum atomic E-state index is 10.9. The minimum Gasteiger partial charge on any atom is -0.550 e. The number of carboxylic acids is 1. The van der Waals surface area contributed by atoms with Crippen LogP contribution >= 0.6 is 0 Å². The van der Waals surface area contributed by atoms with Gasteiger partial charge in [-0.3, -0.25) is 0 Å². The Balaban J connectivity index is 1.92. The summed E-state index contributed by atoms with van der Waals surface area (Å²) in [4.78, 5) is 16.0. The summed E-state index contributed by atoms with van der Waals surface area (Å²) in [5, 5.41) is 11.9. The van der Waals surface area contributed by atoms with Gasteiger partial charge in [-0.25, -0.2) is 4.98 Å². The molecular weight excluding hydrogens is 316 g/mol. The fourth-order valence-electron chi connectivity index (χ4n) is 2.75. The van der Waals surface area contributed by atoms with Crippen LogP contribution in [0.4, 0.5) is 5.69 Å². The number of aromatic amines is 1. The predicted molar refractivity (Wildman–Crippen MR) is 94.3 cm³/mol. The van der Waals surface area contributed by atoms with E-state index in [-0.39, 0.29) is 6.42 Å². The number of anilines is 1. The Bertz CT molecular complexity index is 892. The second kappa shape index (κ2) is 7.21. The first kappa shape index (κ1) is 16.8. The highest BCUT2D eigenvalue weighted by Crippen LogP contribution is 2.28. The molecule has 5 heteroatoms. The summed E-state index contributed by atoms with van der Waals surface area (Å²) in [6, 6.07) is 17.6. The van der Waals surface area contributed by atoms with Gasteiger partial charge in [0.15, 0.2) is 5.69 Å². The summed E-state index contributed by atoms with van der Waals surface area (Å²) in [7, 11) is 3.85. The Morgan fingerprint density at radius 2 is 1.88 bits per heavy atom. The number of benzene rings is 2. The van der Waals surface area contributed by atoms with Crippen LogP contribution in [0.3, 0.4) is 0 Å². The number of hydrogen-bond acceptors (Lipinski definition) is 4. The molecule has 0 unspecified atom stereocenters. The Kier molecular flexibility index (Phi) is 4.84. The maximum absolute atomic E-state index is 10.9. The SMILES string of the molecule is CN(C)c1cc(CC(=O)[O-])[nH+]c2ccc(OCc3ccccc3)cc12. The first-order valence-electron chi connectivity index (χ1n) is 8.06. The molecule has 0 aliphatic carbocycles. The zero-order valence-electron chi connectivity index (χ0n) is 14.3. The van der Waals surface area contributed by atoms with Crippen LogP contribution in [0.1, 0.15) is 11.3 Å². The Labute approximate surface area is 146 Å². The zero-order valence-corrected chi connectivity index (χ0v) is 14.3. The van der Waals surface area contributed by atoms with Crippen molar-refractivity contribution in [2.75, 3.05) is 19.0 Å². The van der Waals surface area contributed by atoms with Gasteiger partial charge in [-0.2, -0.15) is 0 Å². The average Bonchev–Trinajstić information content (AvgIpc) is 2.59. The number of aliphatic carboxylic acids is 1. The molecule has 0 saturated heterocycles. The van der Waals surface area contributed by atoms with Crippen LogP contribution in [-0.4, -0.2) is 20.1 Å². The molecule has 25 heavy (non-hydrogen) atoms. The Morgan fingerprint density at radius 3 is 2.56 bits per heavy atom. The molecule has 3 aromatic rings. The van der Waals surface area contributed by atoms with Crippen molar-refractivity contribution in [3.8, 4) is 5.75 Å². The normalized spacial score (nSPS) is 10.6.